The maximum Gasteiger partial charge on any atom is 0.354 e. The summed E-state index contributed by atoms with van der Waals surface area (Å²) in [5.74, 6) is -0.831. The zero-order chi connectivity index (χ0) is 21.9. The van der Waals surface area contributed by atoms with Crippen LogP contribution in [0.4, 0.5) is 5.69 Å². The Kier molecular flexibility index (Phi) is 6.62. The third-order valence-electron chi connectivity index (χ3n) is 5.21. The second-order valence-corrected chi connectivity index (χ2v) is 8.97. The van der Waals surface area contributed by atoms with E-state index in [1.54, 1.807) is 18.9 Å². The molecule has 1 aromatic carbocycles. The van der Waals surface area contributed by atoms with E-state index in [2.05, 4.69) is 0 Å². The molecule has 0 saturated carbocycles. The van der Waals surface area contributed by atoms with Gasteiger partial charge in [0.1, 0.15) is 16.6 Å². The number of aryl methyl sites for hydroxylation is 1. The lowest BCUT2D eigenvalue weighted by molar-refractivity contribution is -0.121. The number of amides is 1. The van der Waals surface area contributed by atoms with Crippen molar-refractivity contribution in [1.29, 1.82) is 0 Å². The molecule has 0 N–H and O–H groups in total. The molecule has 30 heavy (non-hydrogen) atoms. The predicted octanol–water partition coefficient (Wildman–Crippen LogP) is 2.41. The summed E-state index contributed by atoms with van der Waals surface area (Å²) in [5, 5.41) is 0. The van der Waals surface area contributed by atoms with Crippen LogP contribution in [0.25, 0.3) is 0 Å². The highest BCUT2D eigenvalue weighted by molar-refractivity contribution is 7.89. The molecule has 1 fully saturated rings. The Labute approximate surface area is 177 Å². The van der Waals surface area contributed by atoms with Crippen molar-refractivity contribution >= 4 is 27.6 Å². The van der Waals surface area contributed by atoms with E-state index in [0.29, 0.717) is 19.4 Å². The first-order valence-corrected chi connectivity index (χ1v) is 11.5. The van der Waals surface area contributed by atoms with Crippen LogP contribution in [0.5, 0.6) is 0 Å². The van der Waals surface area contributed by atoms with Crippen molar-refractivity contribution in [2.75, 3.05) is 24.6 Å². The molecule has 1 aliphatic rings. The minimum atomic E-state index is -3.95. The van der Waals surface area contributed by atoms with E-state index in [4.69, 9.17) is 4.74 Å². The minimum Gasteiger partial charge on any atom is -0.461 e. The highest BCUT2D eigenvalue weighted by Crippen LogP contribution is 2.29. The summed E-state index contributed by atoms with van der Waals surface area (Å²) >= 11 is 0. The maximum atomic E-state index is 13.3. The number of benzene rings is 1. The van der Waals surface area contributed by atoms with Crippen molar-refractivity contribution < 1.29 is 22.7 Å². The van der Waals surface area contributed by atoms with Crippen LogP contribution in [0, 0.1) is 0 Å². The van der Waals surface area contributed by atoms with Gasteiger partial charge < -0.3 is 14.2 Å². The van der Waals surface area contributed by atoms with E-state index in [1.165, 1.54) is 21.1 Å². The number of sulfonamides is 1. The number of ether oxygens (including phenoxy) is 1. The second kappa shape index (κ2) is 9.01. The number of carbonyl (C=O) groups is 2. The highest BCUT2D eigenvalue weighted by Gasteiger charge is 2.42. The van der Waals surface area contributed by atoms with E-state index in [-0.39, 0.29) is 29.6 Å². The molecule has 1 aliphatic heterocycles. The van der Waals surface area contributed by atoms with Crippen molar-refractivity contribution in [3.8, 4) is 0 Å². The molecule has 162 valence electrons. The monoisotopic (exact) mass is 433 g/mol. The number of nitrogens with zero attached hydrogens (tertiary/aromatic N) is 3. The number of likely N-dealkylation sites (N-methyl/N-ethyl adjacent to an activating group) is 1. The summed E-state index contributed by atoms with van der Waals surface area (Å²) in [6.45, 7) is 4.44. The molecule has 2 aromatic rings. The summed E-state index contributed by atoms with van der Waals surface area (Å²) in [6, 6.07) is 9.74. The summed E-state index contributed by atoms with van der Waals surface area (Å²) < 4.78 is 34.3. The molecule has 1 aromatic heterocycles. The van der Waals surface area contributed by atoms with E-state index in [0.717, 1.165) is 5.69 Å². The Morgan fingerprint density at radius 3 is 2.53 bits per heavy atom. The minimum absolute atomic E-state index is 0.0180. The first-order valence-electron chi connectivity index (χ1n) is 10.0. The largest absolute Gasteiger partial charge is 0.461 e. The smallest absolute Gasteiger partial charge is 0.354 e. The third kappa shape index (κ3) is 4.13. The zero-order valence-electron chi connectivity index (χ0n) is 17.4. The van der Waals surface area contributed by atoms with Gasteiger partial charge in [0.15, 0.2) is 0 Å². The van der Waals surface area contributed by atoms with E-state index in [9.17, 15) is 18.0 Å². The molecule has 1 saturated heterocycles. The average Bonchev–Trinajstić information content (AvgIpc) is 3.37. The number of aromatic nitrogens is 1. The topological polar surface area (TPSA) is 88.9 Å². The molecule has 0 aliphatic carbocycles. The first-order chi connectivity index (χ1) is 14.3. The fraction of sp³-hybridized carbons (Fsp3) is 0.429. The van der Waals surface area contributed by atoms with Crippen molar-refractivity contribution in [1.82, 2.24) is 8.87 Å². The van der Waals surface area contributed by atoms with Gasteiger partial charge in [0.05, 0.1) is 6.61 Å². The lowest BCUT2D eigenvalue weighted by Gasteiger charge is -2.29. The van der Waals surface area contributed by atoms with Crippen LogP contribution in [-0.2, 0) is 26.6 Å². The molecule has 2 heterocycles. The van der Waals surface area contributed by atoms with Crippen molar-refractivity contribution in [2.24, 2.45) is 7.05 Å². The van der Waals surface area contributed by atoms with Crippen LogP contribution in [0.3, 0.4) is 0 Å². The van der Waals surface area contributed by atoms with Gasteiger partial charge in [-0.3, -0.25) is 4.79 Å². The molecule has 1 amide bonds. The van der Waals surface area contributed by atoms with Crippen molar-refractivity contribution in [3.63, 3.8) is 0 Å². The standard InChI is InChI=1S/C21H27N3O5S/c1-4-23(16-10-7-6-8-11-16)20(25)18-12-9-13-24(18)30(27,28)17-14-19(22(3)15-17)21(26)29-5-2/h6-8,10-11,14-15,18H,4-5,9,12-13H2,1-3H3. The van der Waals surface area contributed by atoms with Gasteiger partial charge >= 0.3 is 5.97 Å². The molecular weight excluding hydrogens is 406 g/mol. The molecule has 1 unspecified atom stereocenters. The average molecular weight is 434 g/mol. The maximum absolute atomic E-state index is 13.3. The van der Waals surface area contributed by atoms with Gasteiger partial charge in [-0.05, 0) is 44.9 Å². The Morgan fingerprint density at radius 1 is 1.20 bits per heavy atom. The molecule has 0 spiro atoms. The van der Waals surface area contributed by atoms with E-state index >= 15 is 0 Å². The lowest BCUT2D eigenvalue weighted by Crippen LogP contribution is -2.47. The normalized spacial score (nSPS) is 17.1. The van der Waals surface area contributed by atoms with Crippen LogP contribution in [0.1, 0.15) is 37.2 Å². The SMILES string of the molecule is CCOC(=O)c1cc(S(=O)(=O)N2CCCC2C(=O)N(CC)c2ccccc2)cn1C. The molecule has 0 radical (unpaired) electrons. The Hall–Kier alpha value is -2.65. The Balaban J connectivity index is 1.90. The number of esters is 1. The van der Waals surface area contributed by atoms with Crippen LogP contribution in [-0.4, -0.2) is 54.9 Å². The molecule has 0 bridgehead atoms. The van der Waals surface area contributed by atoms with E-state index < -0.39 is 22.0 Å². The fourth-order valence-electron chi connectivity index (χ4n) is 3.75. The van der Waals surface area contributed by atoms with Gasteiger partial charge in [-0.15, -0.1) is 0 Å². The Bertz CT molecular complexity index is 1020. The number of para-hydroxylation sites is 1. The number of anilines is 1. The van der Waals surface area contributed by atoms with Crippen LogP contribution in [0.2, 0.25) is 0 Å². The van der Waals surface area contributed by atoms with Crippen LogP contribution >= 0.6 is 0 Å². The number of rotatable bonds is 7. The second-order valence-electron chi connectivity index (χ2n) is 7.08. The number of hydrogen-bond acceptors (Lipinski definition) is 5. The first kappa shape index (κ1) is 22.0. The quantitative estimate of drug-likeness (QED) is 0.626. The molecular formula is C21H27N3O5S. The third-order valence-corrected chi connectivity index (χ3v) is 7.08. The predicted molar refractivity (Wildman–Crippen MR) is 113 cm³/mol. The van der Waals surface area contributed by atoms with Gasteiger partial charge in [0.2, 0.25) is 15.9 Å². The van der Waals surface area contributed by atoms with Crippen molar-refractivity contribution in [2.45, 2.75) is 37.6 Å². The van der Waals surface area contributed by atoms with Crippen LogP contribution in [0.15, 0.2) is 47.5 Å². The molecule has 8 nitrogen and oxygen atoms in total. The van der Waals surface area contributed by atoms with Gasteiger partial charge in [-0.2, -0.15) is 4.31 Å². The lowest BCUT2D eigenvalue weighted by atomic mass is 10.2. The highest BCUT2D eigenvalue weighted by atomic mass is 32.2. The molecule has 9 heteroatoms. The summed E-state index contributed by atoms with van der Waals surface area (Å²) in [6.07, 6.45) is 2.44. The number of carbonyl (C=O) groups excluding carboxylic acids is 2. The number of hydrogen-bond donors (Lipinski definition) is 0. The zero-order valence-corrected chi connectivity index (χ0v) is 18.3. The van der Waals surface area contributed by atoms with Crippen LogP contribution < -0.4 is 4.90 Å². The fourth-order valence-corrected chi connectivity index (χ4v) is 5.47. The van der Waals surface area contributed by atoms with E-state index in [1.807, 2.05) is 37.3 Å². The van der Waals surface area contributed by atoms with Gasteiger partial charge in [0.25, 0.3) is 0 Å². The summed E-state index contributed by atoms with van der Waals surface area (Å²) in [5.41, 5.74) is 0.885. The van der Waals surface area contributed by atoms with Gasteiger partial charge in [-0.25, -0.2) is 13.2 Å². The Morgan fingerprint density at radius 2 is 1.90 bits per heavy atom. The van der Waals surface area contributed by atoms with Crippen molar-refractivity contribution in [3.05, 3.63) is 48.3 Å². The van der Waals surface area contributed by atoms with Gasteiger partial charge in [-0.1, -0.05) is 18.2 Å². The molecule has 3 rings (SSSR count). The van der Waals surface area contributed by atoms with Gasteiger partial charge in [0, 0.05) is 32.0 Å². The molecule has 1 atom stereocenters. The summed E-state index contributed by atoms with van der Waals surface area (Å²) in [4.78, 5) is 26.9. The summed E-state index contributed by atoms with van der Waals surface area (Å²) in [7, 11) is -2.36.